The summed E-state index contributed by atoms with van der Waals surface area (Å²) in [5.74, 6) is 0.715. The molecule has 7 heteroatoms. The highest BCUT2D eigenvalue weighted by atomic mass is 16.5. The van der Waals surface area contributed by atoms with Crippen LogP contribution in [0.15, 0.2) is 87.2 Å². The van der Waals surface area contributed by atoms with E-state index in [4.69, 9.17) is 14.1 Å². The van der Waals surface area contributed by atoms with Crippen LogP contribution < -0.4 is 5.56 Å². The first-order valence-corrected chi connectivity index (χ1v) is 11.0. The molecule has 1 atom stereocenters. The number of rotatable bonds is 6. The van der Waals surface area contributed by atoms with Crippen molar-refractivity contribution in [3.05, 3.63) is 94.7 Å². The summed E-state index contributed by atoms with van der Waals surface area (Å²) in [4.78, 5) is 20.2. The van der Waals surface area contributed by atoms with Gasteiger partial charge < -0.3 is 14.3 Å². The lowest BCUT2D eigenvalue weighted by Crippen LogP contribution is -2.40. The number of nitrogens with zero attached hydrogens (tertiary/aromatic N) is 3. The molecule has 0 aliphatic carbocycles. The molecule has 0 bridgehead atoms. The fourth-order valence-corrected chi connectivity index (χ4v) is 4.31. The highest BCUT2D eigenvalue weighted by Gasteiger charge is 2.24. The number of hydrogen-bond acceptors (Lipinski definition) is 6. The van der Waals surface area contributed by atoms with Crippen LogP contribution in [0, 0.1) is 0 Å². The topological polar surface area (TPSA) is 80.2 Å². The van der Waals surface area contributed by atoms with Crippen molar-refractivity contribution in [1.29, 1.82) is 0 Å². The van der Waals surface area contributed by atoms with Crippen LogP contribution >= 0.6 is 0 Å². The molecule has 4 aromatic rings. The molecule has 3 heterocycles. The van der Waals surface area contributed by atoms with Gasteiger partial charge in [0, 0.05) is 30.1 Å². The normalized spacial score (nSPS) is 15.9. The quantitative estimate of drug-likeness (QED) is 0.459. The molecule has 1 saturated heterocycles. The third kappa shape index (κ3) is 4.20. The van der Waals surface area contributed by atoms with Gasteiger partial charge in [-0.3, -0.25) is 14.7 Å². The van der Waals surface area contributed by atoms with Crippen LogP contribution in [0.1, 0.15) is 17.4 Å². The van der Waals surface area contributed by atoms with Crippen LogP contribution in [0.3, 0.4) is 0 Å². The second-order valence-electron chi connectivity index (χ2n) is 7.93. The van der Waals surface area contributed by atoms with Crippen LogP contribution in [0.25, 0.3) is 16.5 Å². The minimum absolute atomic E-state index is 0.0337. The average molecular weight is 444 g/mol. The number of pyridine rings is 1. The number of hydrogen-bond donors (Lipinski definition) is 1. The average Bonchev–Trinajstić information content (AvgIpc) is 3.39. The number of furan rings is 1. The van der Waals surface area contributed by atoms with Crippen molar-refractivity contribution in [3.8, 4) is 11.6 Å². The zero-order valence-corrected chi connectivity index (χ0v) is 18.1. The zero-order valence-electron chi connectivity index (χ0n) is 18.1. The van der Waals surface area contributed by atoms with Gasteiger partial charge in [-0.2, -0.15) is 0 Å². The standard InChI is InChI=1S/C26H25N3O4/c30-25-21-10-5-4-9-20(21)22(26(31)29(25)19-7-2-1-3-8-19)17-27-18-23(24-11-6-14-33-24)28-12-15-32-16-13-28/h1-11,14,17,23,31H,12-13,15-16,18H2. The Morgan fingerprint density at radius 2 is 1.70 bits per heavy atom. The van der Waals surface area contributed by atoms with Crippen molar-refractivity contribution < 1.29 is 14.3 Å². The van der Waals surface area contributed by atoms with Gasteiger partial charge in [-0.15, -0.1) is 0 Å². The number of ether oxygens (including phenoxy) is 1. The first-order valence-electron chi connectivity index (χ1n) is 11.0. The Balaban J connectivity index is 1.55. The van der Waals surface area contributed by atoms with Gasteiger partial charge in [-0.25, -0.2) is 4.57 Å². The third-order valence-electron chi connectivity index (χ3n) is 5.97. The second-order valence-corrected chi connectivity index (χ2v) is 7.93. The highest BCUT2D eigenvalue weighted by molar-refractivity contribution is 6.01. The summed E-state index contributed by atoms with van der Waals surface area (Å²) in [5, 5.41) is 12.3. The van der Waals surface area contributed by atoms with E-state index in [-0.39, 0.29) is 17.5 Å². The number of benzene rings is 2. The summed E-state index contributed by atoms with van der Waals surface area (Å²) in [6.45, 7) is 3.40. The van der Waals surface area contributed by atoms with E-state index in [0.29, 0.717) is 41.8 Å². The van der Waals surface area contributed by atoms with Crippen LogP contribution in [0.4, 0.5) is 0 Å². The Hall–Kier alpha value is -3.68. The summed E-state index contributed by atoms with van der Waals surface area (Å²) < 4.78 is 12.5. The summed E-state index contributed by atoms with van der Waals surface area (Å²) in [7, 11) is 0. The third-order valence-corrected chi connectivity index (χ3v) is 5.97. The minimum atomic E-state index is -0.270. The second kappa shape index (κ2) is 9.44. The molecule has 0 spiro atoms. The lowest BCUT2D eigenvalue weighted by Gasteiger charge is -2.32. The molecule has 1 N–H and O–H groups in total. The van der Waals surface area contributed by atoms with E-state index in [1.807, 2.05) is 48.5 Å². The number of aromatic nitrogens is 1. The maximum atomic E-state index is 13.2. The number of aromatic hydroxyl groups is 1. The Labute approximate surface area is 191 Å². The van der Waals surface area contributed by atoms with E-state index in [1.165, 1.54) is 4.57 Å². The summed E-state index contributed by atoms with van der Waals surface area (Å²) in [6, 6.07) is 20.2. The SMILES string of the molecule is O=c1c2ccccc2c(C=NCC(c2ccco2)N2CCOCC2)c(O)n1-c1ccccc1. The van der Waals surface area contributed by atoms with Gasteiger partial charge in [0.15, 0.2) is 0 Å². The van der Waals surface area contributed by atoms with Crippen LogP contribution in [0.2, 0.25) is 0 Å². The van der Waals surface area contributed by atoms with Crippen molar-refractivity contribution >= 4 is 17.0 Å². The Kier molecular flexibility index (Phi) is 6.06. The molecular formula is C26H25N3O4. The Bertz CT molecular complexity index is 1310. The van der Waals surface area contributed by atoms with Crippen LogP contribution in [-0.2, 0) is 4.74 Å². The largest absolute Gasteiger partial charge is 0.494 e. The Morgan fingerprint density at radius 1 is 0.970 bits per heavy atom. The van der Waals surface area contributed by atoms with Gasteiger partial charge in [0.25, 0.3) is 5.56 Å². The Morgan fingerprint density at radius 3 is 2.42 bits per heavy atom. The molecular weight excluding hydrogens is 418 g/mol. The lowest BCUT2D eigenvalue weighted by atomic mass is 10.1. The van der Waals surface area contributed by atoms with Gasteiger partial charge in [-0.05, 0) is 30.3 Å². The number of para-hydroxylation sites is 1. The molecule has 33 heavy (non-hydrogen) atoms. The van der Waals surface area contributed by atoms with Gasteiger partial charge >= 0.3 is 0 Å². The summed E-state index contributed by atoms with van der Waals surface area (Å²) >= 11 is 0. The molecule has 5 rings (SSSR count). The molecule has 7 nitrogen and oxygen atoms in total. The molecule has 0 radical (unpaired) electrons. The highest BCUT2D eigenvalue weighted by Crippen LogP contribution is 2.27. The van der Waals surface area contributed by atoms with Gasteiger partial charge in [0.05, 0.1) is 43.3 Å². The predicted molar refractivity (Wildman–Crippen MR) is 128 cm³/mol. The minimum Gasteiger partial charge on any atom is -0.494 e. The molecule has 1 unspecified atom stereocenters. The molecule has 2 aromatic heterocycles. The summed E-state index contributed by atoms with van der Waals surface area (Å²) in [6.07, 6.45) is 3.33. The first kappa shape index (κ1) is 21.2. The maximum absolute atomic E-state index is 13.2. The lowest BCUT2D eigenvalue weighted by molar-refractivity contribution is 0.0137. The molecule has 0 saturated carbocycles. The van der Waals surface area contributed by atoms with E-state index in [9.17, 15) is 9.90 Å². The van der Waals surface area contributed by atoms with Crippen LogP contribution in [-0.4, -0.2) is 53.6 Å². The smallest absolute Gasteiger partial charge is 0.265 e. The van der Waals surface area contributed by atoms with E-state index in [1.54, 1.807) is 30.7 Å². The molecule has 168 valence electrons. The van der Waals surface area contributed by atoms with Crippen molar-refractivity contribution in [2.75, 3.05) is 32.8 Å². The molecule has 2 aromatic carbocycles. The monoisotopic (exact) mass is 443 g/mol. The maximum Gasteiger partial charge on any atom is 0.265 e. The van der Waals surface area contributed by atoms with E-state index < -0.39 is 0 Å². The molecule has 1 aliphatic rings. The first-order chi connectivity index (χ1) is 16.2. The molecule has 1 fully saturated rings. The molecule has 0 amide bonds. The molecule has 1 aliphatic heterocycles. The van der Waals surface area contributed by atoms with Gasteiger partial charge in [0.1, 0.15) is 5.76 Å². The van der Waals surface area contributed by atoms with Crippen LogP contribution in [0.5, 0.6) is 5.88 Å². The summed E-state index contributed by atoms with van der Waals surface area (Å²) in [5.41, 5.74) is 0.838. The zero-order chi connectivity index (χ0) is 22.6. The van der Waals surface area contributed by atoms with E-state index in [0.717, 1.165) is 18.8 Å². The van der Waals surface area contributed by atoms with Crippen molar-refractivity contribution in [3.63, 3.8) is 0 Å². The van der Waals surface area contributed by atoms with Crippen molar-refractivity contribution in [1.82, 2.24) is 9.47 Å². The fraction of sp³-hybridized carbons (Fsp3) is 0.231. The van der Waals surface area contributed by atoms with Crippen molar-refractivity contribution in [2.45, 2.75) is 6.04 Å². The van der Waals surface area contributed by atoms with Crippen molar-refractivity contribution in [2.24, 2.45) is 4.99 Å². The number of fused-ring (bicyclic) bond motifs is 1. The van der Waals surface area contributed by atoms with E-state index >= 15 is 0 Å². The number of morpholine rings is 1. The van der Waals surface area contributed by atoms with E-state index in [2.05, 4.69) is 4.90 Å². The fourth-order valence-electron chi connectivity index (χ4n) is 4.31. The number of aliphatic imine (C=N–C) groups is 1. The predicted octanol–water partition coefficient (Wildman–Crippen LogP) is 3.78. The van der Waals surface area contributed by atoms with Gasteiger partial charge in [-0.1, -0.05) is 36.4 Å². The van der Waals surface area contributed by atoms with Gasteiger partial charge in [0.2, 0.25) is 5.88 Å².